The minimum absolute atomic E-state index is 0.126. The maximum atomic E-state index is 12.2. The van der Waals surface area contributed by atoms with Crippen LogP contribution in [0.3, 0.4) is 0 Å². The summed E-state index contributed by atoms with van der Waals surface area (Å²) in [5.41, 5.74) is -0.490. The number of nitrogens with zero attached hydrogens (tertiary/aromatic N) is 1. The lowest BCUT2D eigenvalue weighted by molar-refractivity contribution is -0.164. The Morgan fingerprint density at radius 1 is 1.30 bits per heavy atom. The van der Waals surface area contributed by atoms with Gasteiger partial charge in [-0.1, -0.05) is 0 Å². The van der Waals surface area contributed by atoms with E-state index in [1.807, 2.05) is 34.6 Å². The molecule has 0 bridgehead atoms. The van der Waals surface area contributed by atoms with Crippen molar-refractivity contribution in [1.82, 2.24) is 4.90 Å². The number of carbonyl (C=O) groups is 2. The molecule has 1 unspecified atom stereocenters. The molecule has 130 valence electrons. The van der Waals surface area contributed by atoms with E-state index in [4.69, 9.17) is 14.2 Å². The van der Waals surface area contributed by atoms with Crippen molar-refractivity contribution < 1.29 is 23.8 Å². The van der Waals surface area contributed by atoms with Crippen LogP contribution in [0.1, 0.15) is 47.5 Å². The quantitative estimate of drug-likeness (QED) is 0.740. The summed E-state index contributed by atoms with van der Waals surface area (Å²) in [6.07, 6.45) is 0.471. The lowest BCUT2D eigenvalue weighted by Crippen LogP contribution is -2.37. The number of amides is 1. The molecule has 3 fully saturated rings. The van der Waals surface area contributed by atoms with Crippen LogP contribution in [0.25, 0.3) is 0 Å². The molecular weight excluding hydrogens is 298 g/mol. The molecule has 0 radical (unpaired) electrons. The van der Waals surface area contributed by atoms with Gasteiger partial charge in [0.1, 0.15) is 11.7 Å². The number of ether oxygens (including phenoxy) is 3. The Labute approximate surface area is 137 Å². The first-order valence-electron chi connectivity index (χ1n) is 8.42. The summed E-state index contributed by atoms with van der Waals surface area (Å²) < 4.78 is 17.1. The molecule has 1 amide bonds. The summed E-state index contributed by atoms with van der Waals surface area (Å²) in [6.45, 7) is 10.6. The Morgan fingerprint density at radius 3 is 2.65 bits per heavy atom. The molecule has 23 heavy (non-hydrogen) atoms. The number of hydrogen-bond donors (Lipinski definition) is 0. The summed E-state index contributed by atoms with van der Waals surface area (Å²) in [5.74, 6) is -0.186. The summed E-state index contributed by atoms with van der Waals surface area (Å²) in [4.78, 5) is 26.1. The highest BCUT2D eigenvalue weighted by Gasteiger charge is 2.56. The smallest absolute Gasteiger partial charge is 0.410 e. The Bertz CT molecular complexity index is 510. The maximum Gasteiger partial charge on any atom is 0.410 e. The minimum atomic E-state index is -0.701. The van der Waals surface area contributed by atoms with Crippen molar-refractivity contribution >= 4 is 11.9 Å². The van der Waals surface area contributed by atoms with Gasteiger partial charge in [0.05, 0.1) is 6.10 Å². The molecule has 0 aromatic heterocycles. The second kappa shape index (κ2) is 5.45. The van der Waals surface area contributed by atoms with Crippen molar-refractivity contribution in [3.05, 3.63) is 0 Å². The lowest BCUT2D eigenvalue weighted by atomic mass is 9.88. The third-order valence-corrected chi connectivity index (χ3v) is 4.79. The van der Waals surface area contributed by atoms with Crippen molar-refractivity contribution in [2.45, 2.75) is 71.1 Å². The highest BCUT2D eigenvalue weighted by molar-refractivity contribution is 5.87. The van der Waals surface area contributed by atoms with Crippen molar-refractivity contribution in [1.29, 1.82) is 0 Å². The van der Waals surface area contributed by atoms with Gasteiger partial charge in [-0.15, -0.1) is 0 Å². The average Bonchev–Trinajstić information content (AvgIpc) is 3.03. The molecule has 2 aliphatic heterocycles. The van der Waals surface area contributed by atoms with Crippen LogP contribution in [0.5, 0.6) is 0 Å². The third-order valence-electron chi connectivity index (χ3n) is 4.79. The Balaban J connectivity index is 1.63. The monoisotopic (exact) mass is 325 g/mol. The Hall–Kier alpha value is -1.14. The Kier molecular flexibility index (Phi) is 3.96. The second-order valence-corrected chi connectivity index (χ2v) is 8.33. The number of hydrogen-bond acceptors (Lipinski definition) is 5. The van der Waals surface area contributed by atoms with Gasteiger partial charge in [0.2, 0.25) is 0 Å². The van der Waals surface area contributed by atoms with Crippen LogP contribution in [0.2, 0.25) is 0 Å². The zero-order chi connectivity index (χ0) is 17.0. The Morgan fingerprint density at radius 2 is 2.00 bits per heavy atom. The van der Waals surface area contributed by atoms with Gasteiger partial charge in [0, 0.05) is 19.5 Å². The second-order valence-electron chi connectivity index (χ2n) is 8.33. The van der Waals surface area contributed by atoms with Gasteiger partial charge in [0.25, 0.3) is 0 Å². The van der Waals surface area contributed by atoms with Crippen molar-refractivity contribution in [3.8, 4) is 0 Å². The molecule has 4 atom stereocenters. The van der Waals surface area contributed by atoms with Crippen molar-refractivity contribution in [2.24, 2.45) is 11.8 Å². The standard InChI is InChI=1S/C17H27NO5/c1-16(2,3)23-15(20)18-7-6-10(9-18)11-8-12(19)14-13(11)21-17(4,5)22-14/h10-11,13-14H,6-9H2,1-5H3/t10?,11-,13-,14+/m1/s1. The van der Waals surface area contributed by atoms with Gasteiger partial charge < -0.3 is 19.1 Å². The first-order chi connectivity index (χ1) is 10.6. The highest BCUT2D eigenvalue weighted by atomic mass is 16.8. The summed E-state index contributed by atoms with van der Waals surface area (Å²) in [7, 11) is 0. The fourth-order valence-electron chi connectivity index (χ4n) is 3.88. The van der Waals surface area contributed by atoms with Crippen LogP contribution in [-0.2, 0) is 19.0 Å². The van der Waals surface area contributed by atoms with E-state index in [0.29, 0.717) is 19.5 Å². The van der Waals surface area contributed by atoms with Crippen LogP contribution in [0.4, 0.5) is 4.79 Å². The molecule has 3 rings (SSSR count). The van der Waals surface area contributed by atoms with E-state index in [9.17, 15) is 9.59 Å². The zero-order valence-corrected chi connectivity index (χ0v) is 14.6. The number of Topliss-reactive ketones (excluding diaryl/α,β-unsaturated/α-hetero) is 1. The predicted molar refractivity (Wildman–Crippen MR) is 82.9 cm³/mol. The average molecular weight is 325 g/mol. The summed E-state index contributed by atoms with van der Waals surface area (Å²) >= 11 is 0. The fourth-order valence-corrected chi connectivity index (χ4v) is 3.88. The SMILES string of the molecule is CC(C)(C)OC(=O)N1CCC([C@H]2CC(=O)[C@@H]3OC(C)(C)O[C@H]23)C1. The molecule has 2 saturated heterocycles. The van der Waals surface area contributed by atoms with E-state index in [1.165, 1.54) is 0 Å². The lowest BCUT2D eigenvalue weighted by Gasteiger charge is -2.27. The van der Waals surface area contributed by atoms with E-state index >= 15 is 0 Å². The topological polar surface area (TPSA) is 65.1 Å². The van der Waals surface area contributed by atoms with Gasteiger partial charge in [0.15, 0.2) is 11.6 Å². The molecule has 1 aliphatic carbocycles. The minimum Gasteiger partial charge on any atom is -0.444 e. The normalized spacial score (nSPS) is 36.4. The number of carbonyl (C=O) groups excluding carboxylic acids is 2. The van der Waals surface area contributed by atoms with E-state index < -0.39 is 17.5 Å². The van der Waals surface area contributed by atoms with Gasteiger partial charge in [-0.05, 0) is 52.9 Å². The zero-order valence-electron chi connectivity index (χ0n) is 14.6. The summed E-state index contributed by atoms with van der Waals surface area (Å²) in [5, 5.41) is 0. The van der Waals surface area contributed by atoms with Gasteiger partial charge in [-0.3, -0.25) is 4.79 Å². The molecular formula is C17H27NO5. The number of fused-ring (bicyclic) bond motifs is 1. The fraction of sp³-hybridized carbons (Fsp3) is 0.882. The molecule has 0 aromatic rings. The number of ketones is 1. The first kappa shape index (κ1) is 16.7. The van der Waals surface area contributed by atoms with E-state index in [1.54, 1.807) is 4.90 Å². The molecule has 6 nitrogen and oxygen atoms in total. The molecule has 1 saturated carbocycles. The van der Waals surface area contributed by atoms with Gasteiger partial charge in [-0.2, -0.15) is 0 Å². The molecule has 0 N–H and O–H groups in total. The number of rotatable bonds is 1. The van der Waals surface area contributed by atoms with Crippen molar-refractivity contribution in [2.75, 3.05) is 13.1 Å². The molecule has 2 heterocycles. The van der Waals surface area contributed by atoms with Crippen LogP contribution >= 0.6 is 0 Å². The first-order valence-corrected chi connectivity index (χ1v) is 8.42. The molecule has 0 aromatic carbocycles. The highest BCUT2D eigenvalue weighted by Crippen LogP contribution is 2.44. The van der Waals surface area contributed by atoms with Crippen LogP contribution in [-0.4, -0.2) is 53.5 Å². The maximum absolute atomic E-state index is 12.2. The van der Waals surface area contributed by atoms with Crippen LogP contribution < -0.4 is 0 Å². The van der Waals surface area contributed by atoms with Crippen LogP contribution in [0, 0.1) is 11.8 Å². The third kappa shape index (κ3) is 3.38. The van der Waals surface area contributed by atoms with E-state index in [-0.39, 0.29) is 29.8 Å². The number of likely N-dealkylation sites (tertiary alicyclic amines) is 1. The molecule has 0 spiro atoms. The molecule has 3 aliphatic rings. The van der Waals surface area contributed by atoms with E-state index in [2.05, 4.69) is 0 Å². The van der Waals surface area contributed by atoms with E-state index in [0.717, 1.165) is 6.42 Å². The molecule has 6 heteroatoms. The largest absolute Gasteiger partial charge is 0.444 e. The van der Waals surface area contributed by atoms with Crippen LogP contribution in [0.15, 0.2) is 0 Å². The summed E-state index contributed by atoms with van der Waals surface area (Å²) in [6, 6.07) is 0. The van der Waals surface area contributed by atoms with Gasteiger partial charge >= 0.3 is 6.09 Å². The van der Waals surface area contributed by atoms with Crippen molar-refractivity contribution in [3.63, 3.8) is 0 Å². The predicted octanol–water partition coefficient (Wildman–Crippen LogP) is 2.35. The van der Waals surface area contributed by atoms with Gasteiger partial charge in [-0.25, -0.2) is 4.79 Å².